The number of benzene rings is 1. The summed E-state index contributed by atoms with van der Waals surface area (Å²) in [5, 5.41) is 12.3. The Kier molecular flexibility index (Phi) is 4.97. The molecule has 8 heteroatoms. The molecule has 0 saturated carbocycles. The highest BCUT2D eigenvalue weighted by molar-refractivity contribution is 5.61. The van der Waals surface area contributed by atoms with Gasteiger partial charge < -0.3 is 15.1 Å². The third kappa shape index (κ3) is 3.99. The molecule has 0 aliphatic carbocycles. The Balaban J connectivity index is 1.48. The summed E-state index contributed by atoms with van der Waals surface area (Å²) in [4.78, 5) is 22.2. The fraction of sp³-hybridized carbons (Fsp3) is 0.250. The standard InChI is InChI=1S/C20H20N8/c1-15-24-18(26-17-5-2-4-16(12-17)14-21)13-19(25-15)27-8-10-28(11-9-27)20-22-6-3-7-23-20/h2-7,12-13H,8-11H2,1H3,(H,24,25,26). The summed E-state index contributed by atoms with van der Waals surface area (Å²) >= 11 is 0. The van der Waals surface area contributed by atoms with Crippen LogP contribution in [0.25, 0.3) is 0 Å². The van der Waals surface area contributed by atoms with Crippen molar-refractivity contribution in [2.75, 3.05) is 41.3 Å². The Labute approximate surface area is 163 Å². The van der Waals surface area contributed by atoms with E-state index >= 15 is 0 Å². The van der Waals surface area contributed by atoms with E-state index in [0.29, 0.717) is 17.2 Å². The molecule has 0 unspecified atom stereocenters. The molecule has 0 radical (unpaired) electrons. The molecule has 0 bridgehead atoms. The van der Waals surface area contributed by atoms with Crippen molar-refractivity contribution in [3.05, 3.63) is 60.2 Å². The first kappa shape index (κ1) is 17.7. The third-order valence-corrected chi connectivity index (χ3v) is 4.53. The Bertz CT molecular complexity index is 991. The van der Waals surface area contributed by atoms with Gasteiger partial charge in [-0.2, -0.15) is 5.26 Å². The Morgan fingerprint density at radius 1 is 0.964 bits per heavy atom. The second-order valence-electron chi connectivity index (χ2n) is 6.50. The predicted molar refractivity (Wildman–Crippen MR) is 108 cm³/mol. The molecule has 1 N–H and O–H groups in total. The van der Waals surface area contributed by atoms with Crippen LogP contribution in [-0.2, 0) is 0 Å². The maximum atomic E-state index is 9.07. The number of hydrogen-bond acceptors (Lipinski definition) is 8. The monoisotopic (exact) mass is 372 g/mol. The highest BCUT2D eigenvalue weighted by Gasteiger charge is 2.20. The van der Waals surface area contributed by atoms with Crippen LogP contribution in [0.15, 0.2) is 48.8 Å². The van der Waals surface area contributed by atoms with E-state index in [1.54, 1.807) is 24.5 Å². The zero-order valence-corrected chi connectivity index (χ0v) is 15.6. The van der Waals surface area contributed by atoms with E-state index in [9.17, 15) is 0 Å². The molecule has 28 heavy (non-hydrogen) atoms. The molecule has 4 rings (SSSR count). The van der Waals surface area contributed by atoms with Gasteiger partial charge in [0.05, 0.1) is 11.6 Å². The molecule has 0 atom stereocenters. The first-order chi connectivity index (χ1) is 13.7. The number of nitrogens with one attached hydrogen (secondary N) is 1. The number of hydrogen-bond donors (Lipinski definition) is 1. The zero-order chi connectivity index (χ0) is 19.3. The van der Waals surface area contributed by atoms with Crippen molar-refractivity contribution in [1.29, 1.82) is 5.26 Å². The van der Waals surface area contributed by atoms with Crippen LogP contribution >= 0.6 is 0 Å². The summed E-state index contributed by atoms with van der Waals surface area (Å²) in [6.45, 7) is 5.21. The van der Waals surface area contributed by atoms with E-state index < -0.39 is 0 Å². The molecule has 1 aliphatic heterocycles. The number of nitriles is 1. The number of nitrogens with zero attached hydrogens (tertiary/aromatic N) is 7. The summed E-state index contributed by atoms with van der Waals surface area (Å²) < 4.78 is 0. The Morgan fingerprint density at radius 2 is 1.71 bits per heavy atom. The van der Waals surface area contributed by atoms with E-state index in [1.807, 2.05) is 31.2 Å². The maximum absolute atomic E-state index is 9.07. The van der Waals surface area contributed by atoms with E-state index in [0.717, 1.165) is 43.6 Å². The molecule has 1 aromatic carbocycles. The van der Waals surface area contributed by atoms with Crippen molar-refractivity contribution in [3.63, 3.8) is 0 Å². The van der Waals surface area contributed by atoms with E-state index in [-0.39, 0.29) is 0 Å². The largest absolute Gasteiger partial charge is 0.353 e. The zero-order valence-electron chi connectivity index (χ0n) is 15.6. The van der Waals surface area contributed by atoms with Gasteiger partial charge in [-0.1, -0.05) is 6.07 Å². The molecular formula is C20H20N8. The van der Waals surface area contributed by atoms with Gasteiger partial charge in [0.25, 0.3) is 0 Å². The normalized spacial score (nSPS) is 13.9. The van der Waals surface area contributed by atoms with Crippen LogP contribution in [0.2, 0.25) is 0 Å². The Morgan fingerprint density at radius 3 is 2.46 bits per heavy atom. The molecule has 3 heterocycles. The molecule has 140 valence electrons. The second-order valence-corrected chi connectivity index (χ2v) is 6.50. The summed E-state index contributed by atoms with van der Waals surface area (Å²) in [5.74, 6) is 3.07. The summed E-state index contributed by atoms with van der Waals surface area (Å²) in [5.41, 5.74) is 1.43. The van der Waals surface area contributed by atoms with Crippen molar-refractivity contribution in [1.82, 2.24) is 19.9 Å². The minimum absolute atomic E-state index is 0.607. The van der Waals surface area contributed by atoms with Gasteiger partial charge in [-0.25, -0.2) is 19.9 Å². The van der Waals surface area contributed by atoms with Crippen molar-refractivity contribution in [2.24, 2.45) is 0 Å². The number of anilines is 4. The first-order valence-electron chi connectivity index (χ1n) is 9.11. The number of aryl methyl sites for hydroxylation is 1. The lowest BCUT2D eigenvalue weighted by atomic mass is 10.2. The molecule has 2 aromatic heterocycles. The van der Waals surface area contributed by atoms with Crippen molar-refractivity contribution in [2.45, 2.75) is 6.92 Å². The van der Waals surface area contributed by atoms with Crippen LogP contribution in [0.3, 0.4) is 0 Å². The molecule has 0 spiro atoms. The maximum Gasteiger partial charge on any atom is 0.225 e. The summed E-state index contributed by atoms with van der Waals surface area (Å²) in [6.07, 6.45) is 3.53. The topological polar surface area (TPSA) is 93.9 Å². The average molecular weight is 372 g/mol. The van der Waals surface area contributed by atoms with Crippen molar-refractivity contribution in [3.8, 4) is 6.07 Å². The summed E-state index contributed by atoms with van der Waals surface area (Å²) in [7, 11) is 0. The predicted octanol–water partition coefficient (Wildman–Crippen LogP) is 2.52. The van der Waals surface area contributed by atoms with Crippen LogP contribution < -0.4 is 15.1 Å². The number of piperazine rings is 1. The SMILES string of the molecule is Cc1nc(Nc2cccc(C#N)c2)cc(N2CCN(c3ncccn3)CC2)n1. The summed E-state index contributed by atoms with van der Waals surface area (Å²) in [6, 6.07) is 13.3. The van der Waals surface area contributed by atoms with Gasteiger partial charge in [0, 0.05) is 50.3 Å². The van der Waals surface area contributed by atoms with Gasteiger partial charge in [-0.15, -0.1) is 0 Å². The fourth-order valence-corrected chi connectivity index (χ4v) is 3.18. The lowest BCUT2D eigenvalue weighted by molar-refractivity contribution is 0.633. The minimum Gasteiger partial charge on any atom is -0.353 e. The minimum atomic E-state index is 0.607. The Hall–Kier alpha value is -3.73. The molecule has 8 nitrogen and oxygen atoms in total. The number of rotatable bonds is 4. The lowest BCUT2D eigenvalue weighted by Gasteiger charge is -2.35. The lowest BCUT2D eigenvalue weighted by Crippen LogP contribution is -2.47. The van der Waals surface area contributed by atoms with Gasteiger partial charge in [0.1, 0.15) is 17.5 Å². The van der Waals surface area contributed by atoms with Gasteiger partial charge in [0.15, 0.2) is 0 Å². The molecule has 0 amide bonds. The van der Waals surface area contributed by atoms with Crippen LogP contribution in [0, 0.1) is 18.3 Å². The van der Waals surface area contributed by atoms with Crippen LogP contribution in [0.5, 0.6) is 0 Å². The molecule has 1 fully saturated rings. The highest BCUT2D eigenvalue weighted by atomic mass is 15.3. The highest BCUT2D eigenvalue weighted by Crippen LogP contribution is 2.22. The second kappa shape index (κ2) is 7.88. The van der Waals surface area contributed by atoms with Crippen LogP contribution in [-0.4, -0.2) is 46.1 Å². The first-order valence-corrected chi connectivity index (χ1v) is 9.11. The van der Waals surface area contributed by atoms with Crippen molar-refractivity contribution < 1.29 is 0 Å². The van der Waals surface area contributed by atoms with Gasteiger partial charge in [-0.05, 0) is 31.2 Å². The van der Waals surface area contributed by atoms with Gasteiger partial charge in [-0.3, -0.25) is 0 Å². The molecule has 1 saturated heterocycles. The fourth-order valence-electron chi connectivity index (χ4n) is 3.18. The quantitative estimate of drug-likeness (QED) is 0.747. The van der Waals surface area contributed by atoms with Crippen LogP contribution in [0.1, 0.15) is 11.4 Å². The molecular weight excluding hydrogens is 352 g/mol. The average Bonchev–Trinajstić information content (AvgIpc) is 2.74. The smallest absolute Gasteiger partial charge is 0.225 e. The van der Waals surface area contributed by atoms with Gasteiger partial charge in [0.2, 0.25) is 5.95 Å². The van der Waals surface area contributed by atoms with E-state index in [4.69, 9.17) is 5.26 Å². The molecule has 3 aromatic rings. The van der Waals surface area contributed by atoms with Crippen molar-refractivity contribution >= 4 is 23.3 Å². The van der Waals surface area contributed by atoms with E-state index in [1.165, 1.54) is 0 Å². The molecule has 1 aliphatic rings. The van der Waals surface area contributed by atoms with Crippen LogP contribution in [0.4, 0.5) is 23.3 Å². The number of aromatic nitrogens is 4. The third-order valence-electron chi connectivity index (χ3n) is 4.53. The van der Waals surface area contributed by atoms with Gasteiger partial charge >= 0.3 is 0 Å². The van der Waals surface area contributed by atoms with E-state index in [2.05, 4.69) is 41.1 Å².